The lowest BCUT2D eigenvalue weighted by molar-refractivity contribution is -0.134. The van der Waals surface area contributed by atoms with E-state index in [9.17, 15) is 14.7 Å². The summed E-state index contributed by atoms with van der Waals surface area (Å²) >= 11 is 0. The van der Waals surface area contributed by atoms with Crippen molar-refractivity contribution < 1.29 is 33.3 Å². The topological polar surface area (TPSA) is 95.2 Å². The fourth-order valence-corrected chi connectivity index (χ4v) is 2.84. The number of phenols is 1. The first kappa shape index (κ1) is 19.0. The zero-order chi connectivity index (χ0) is 20.3. The molecule has 0 unspecified atom stereocenters. The summed E-state index contributed by atoms with van der Waals surface area (Å²) in [5.41, 5.74) is 1.89. The van der Waals surface area contributed by atoms with Crippen LogP contribution >= 0.6 is 0 Å². The molecule has 3 rings (SSSR count). The highest BCUT2D eigenvalue weighted by atomic mass is 16.5. The third kappa shape index (κ3) is 3.42. The number of carbonyl (C=O) groups excluding carboxylic acids is 2. The maximum Gasteiger partial charge on any atom is 0.330 e. The number of benzene rings is 2. The van der Waals surface area contributed by atoms with Crippen LogP contribution in [0.3, 0.4) is 0 Å². The molecule has 0 amide bonds. The molecule has 1 heterocycles. The van der Waals surface area contributed by atoms with Gasteiger partial charge in [-0.1, -0.05) is 0 Å². The van der Waals surface area contributed by atoms with Gasteiger partial charge in [-0.05, 0) is 42.0 Å². The second kappa shape index (κ2) is 7.87. The van der Waals surface area contributed by atoms with Gasteiger partial charge in [0, 0.05) is 17.0 Å². The van der Waals surface area contributed by atoms with Gasteiger partial charge in [0.15, 0.2) is 29.1 Å². The first-order chi connectivity index (χ1) is 13.5. The van der Waals surface area contributed by atoms with Gasteiger partial charge in [0.1, 0.15) is 5.76 Å². The van der Waals surface area contributed by atoms with E-state index in [0.29, 0.717) is 45.5 Å². The normalized spacial score (nSPS) is 11.0. The number of phenolic OH excluding ortho intramolecular Hbond substituents is 1. The molecule has 7 nitrogen and oxygen atoms in total. The van der Waals surface area contributed by atoms with E-state index in [1.807, 2.05) is 0 Å². The predicted molar refractivity (Wildman–Crippen MR) is 103 cm³/mol. The molecule has 1 N–H and O–H groups in total. The van der Waals surface area contributed by atoms with Crippen LogP contribution in [0.15, 0.2) is 40.8 Å². The van der Waals surface area contributed by atoms with Gasteiger partial charge in [-0.25, -0.2) is 4.79 Å². The molecule has 1 aromatic heterocycles. The van der Waals surface area contributed by atoms with Crippen LogP contribution < -0.4 is 9.47 Å². The number of hydrogen-bond acceptors (Lipinski definition) is 7. The Labute approximate surface area is 160 Å². The summed E-state index contributed by atoms with van der Waals surface area (Å²) in [6.07, 6.45) is 3.51. The van der Waals surface area contributed by atoms with Crippen LogP contribution in [0.2, 0.25) is 0 Å². The fourth-order valence-electron chi connectivity index (χ4n) is 2.84. The van der Waals surface area contributed by atoms with Gasteiger partial charge in [0.2, 0.25) is 0 Å². The van der Waals surface area contributed by atoms with Gasteiger partial charge in [-0.3, -0.25) is 4.79 Å². The third-order valence-electron chi connectivity index (χ3n) is 4.21. The monoisotopic (exact) mass is 382 g/mol. The highest BCUT2D eigenvalue weighted by molar-refractivity contribution is 6.05. The number of hydrogen-bond donors (Lipinski definition) is 1. The van der Waals surface area contributed by atoms with Gasteiger partial charge in [-0.2, -0.15) is 0 Å². The number of aldehydes is 1. The first-order valence-electron chi connectivity index (χ1n) is 8.25. The van der Waals surface area contributed by atoms with Crippen molar-refractivity contribution in [2.45, 2.75) is 0 Å². The summed E-state index contributed by atoms with van der Waals surface area (Å²) in [5.74, 6) is 0.447. The van der Waals surface area contributed by atoms with Crippen molar-refractivity contribution in [1.29, 1.82) is 0 Å². The molecular formula is C21H18O7. The van der Waals surface area contributed by atoms with Crippen molar-refractivity contribution in [1.82, 2.24) is 0 Å². The molecule has 0 spiro atoms. The van der Waals surface area contributed by atoms with E-state index in [1.165, 1.54) is 33.5 Å². The van der Waals surface area contributed by atoms with Crippen LogP contribution in [0.25, 0.3) is 28.4 Å². The standard InChI is InChI=1S/C21H18O7/c1-25-17-10-13(5-6-16(17)23)20-15(11-22)14-8-12(4-7-19(24)27-3)9-18(26-2)21(14)28-20/h4-11,23H,1-3H3/b7-4+. The summed E-state index contributed by atoms with van der Waals surface area (Å²) in [6, 6.07) is 8.04. The van der Waals surface area contributed by atoms with Crippen molar-refractivity contribution in [3.05, 3.63) is 47.5 Å². The number of methoxy groups -OCH3 is 3. The molecule has 0 fully saturated rings. The lowest BCUT2D eigenvalue weighted by atomic mass is 10.0. The Morgan fingerprint density at radius 3 is 2.46 bits per heavy atom. The van der Waals surface area contributed by atoms with E-state index >= 15 is 0 Å². The highest BCUT2D eigenvalue weighted by Crippen LogP contribution is 2.40. The number of carbonyl (C=O) groups is 2. The Morgan fingerprint density at radius 2 is 1.82 bits per heavy atom. The van der Waals surface area contributed by atoms with Crippen LogP contribution in [0.1, 0.15) is 15.9 Å². The maximum absolute atomic E-state index is 11.8. The lowest BCUT2D eigenvalue weighted by Gasteiger charge is -2.05. The predicted octanol–water partition coefficient (Wildman–Crippen LogP) is 3.82. The molecule has 3 aromatic rings. The van der Waals surface area contributed by atoms with E-state index in [-0.39, 0.29) is 11.5 Å². The number of furan rings is 1. The molecule has 0 saturated heterocycles. The average Bonchev–Trinajstić information content (AvgIpc) is 3.10. The Kier molecular flexibility index (Phi) is 5.35. The SMILES string of the molecule is COC(=O)/C=C/c1cc(OC)c2oc(-c3ccc(O)c(OC)c3)c(C=O)c2c1. The van der Waals surface area contributed by atoms with Gasteiger partial charge >= 0.3 is 5.97 Å². The van der Waals surface area contributed by atoms with Gasteiger partial charge in [0.25, 0.3) is 0 Å². The Bertz CT molecular complexity index is 1080. The largest absolute Gasteiger partial charge is 0.504 e. The second-order valence-electron chi connectivity index (χ2n) is 5.81. The third-order valence-corrected chi connectivity index (χ3v) is 4.21. The lowest BCUT2D eigenvalue weighted by Crippen LogP contribution is -1.93. The average molecular weight is 382 g/mol. The second-order valence-corrected chi connectivity index (χ2v) is 5.81. The molecule has 0 aliphatic carbocycles. The molecule has 0 radical (unpaired) electrons. The van der Waals surface area contributed by atoms with Gasteiger partial charge < -0.3 is 23.7 Å². The van der Waals surface area contributed by atoms with Crippen LogP contribution in [-0.2, 0) is 9.53 Å². The van der Waals surface area contributed by atoms with Crippen LogP contribution in [-0.4, -0.2) is 38.7 Å². The van der Waals surface area contributed by atoms with Crippen molar-refractivity contribution in [2.24, 2.45) is 0 Å². The number of ether oxygens (including phenoxy) is 3. The van der Waals surface area contributed by atoms with Crippen LogP contribution in [0.5, 0.6) is 17.2 Å². The highest BCUT2D eigenvalue weighted by Gasteiger charge is 2.20. The van der Waals surface area contributed by atoms with E-state index in [4.69, 9.17) is 13.9 Å². The molecule has 0 aliphatic heterocycles. The van der Waals surface area contributed by atoms with Gasteiger partial charge in [0.05, 0.1) is 26.9 Å². The van der Waals surface area contributed by atoms with Crippen molar-refractivity contribution in [2.75, 3.05) is 21.3 Å². The van der Waals surface area contributed by atoms with E-state index in [1.54, 1.807) is 30.3 Å². The number of esters is 1. The molecule has 144 valence electrons. The zero-order valence-corrected chi connectivity index (χ0v) is 15.5. The van der Waals surface area contributed by atoms with Crippen LogP contribution in [0, 0.1) is 0 Å². The Hall–Kier alpha value is -3.74. The molecule has 28 heavy (non-hydrogen) atoms. The number of aromatic hydroxyl groups is 1. The fraction of sp³-hybridized carbons (Fsp3) is 0.143. The van der Waals surface area contributed by atoms with E-state index in [0.717, 1.165) is 0 Å². The minimum Gasteiger partial charge on any atom is -0.504 e. The van der Waals surface area contributed by atoms with Crippen molar-refractivity contribution in [3.63, 3.8) is 0 Å². The molecular weight excluding hydrogens is 364 g/mol. The Morgan fingerprint density at radius 1 is 1.07 bits per heavy atom. The first-order valence-corrected chi connectivity index (χ1v) is 8.25. The molecule has 0 atom stereocenters. The summed E-state index contributed by atoms with van der Waals surface area (Å²) in [7, 11) is 4.20. The summed E-state index contributed by atoms with van der Waals surface area (Å²) < 4.78 is 21.0. The van der Waals surface area contributed by atoms with Crippen LogP contribution in [0.4, 0.5) is 0 Å². The molecule has 0 aliphatic rings. The maximum atomic E-state index is 11.8. The molecule has 7 heteroatoms. The van der Waals surface area contributed by atoms with Gasteiger partial charge in [-0.15, -0.1) is 0 Å². The smallest absolute Gasteiger partial charge is 0.330 e. The molecule has 2 aromatic carbocycles. The van der Waals surface area contributed by atoms with Crippen molar-refractivity contribution in [3.8, 4) is 28.6 Å². The van der Waals surface area contributed by atoms with E-state index in [2.05, 4.69) is 4.74 Å². The number of rotatable bonds is 6. The molecule has 0 bridgehead atoms. The summed E-state index contributed by atoms with van der Waals surface area (Å²) in [4.78, 5) is 23.2. The minimum absolute atomic E-state index is 0.0252. The zero-order valence-electron chi connectivity index (χ0n) is 15.5. The molecule has 0 saturated carbocycles. The minimum atomic E-state index is -0.501. The quantitative estimate of drug-likeness (QED) is 0.393. The summed E-state index contributed by atoms with van der Waals surface area (Å²) in [5, 5.41) is 10.3. The number of fused-ring (bicyclic) bond motifs is 1. The summed E-state index contributed by atoms with van der Waals surface area (Å²) in [6.45, 7) is 0. The van der Waals surface area contributed by atoms with E-state index < -0.39 is 5.97 Å². The van der Waals surface area contributed by atoms with Crippen molar-refractivity contribution >= 4 is 29.3 Å². The Balaban J connectivity index is 2.22.